The fraction of sp³-hybridized carbons (Fsp3) is 0.118. The van der Waals surface area contributed by atoms with Crippen LogP contribution in [-0.2, 0) is 12.8 Å². The molecule has 0 amide bonds. The second kappa shape index (κ2) is 6.76. The molecule has 2 aromatic carbocycles. The van der Waals surface area contributed by atoms with Gasteiger partial charge in [-0.25, -0.2) is 4.79 Å². The Labute approximate surface area is 143 Å². The molecule has 0 unspecified atom stereocenters. The van der Waals surface area contributed by atoms with Gasteiger partial charge in [-0.1, -0.05) is 36.0 Å². The monoisotopic (exact) mass is 340 g/mol. The van der Waals surface area contributed by atoms with Gasteiger partial charge in [0.15, 0.2) is 11.0 Å². The number of nitrogen functional groups attached to an aromatic ring is 1. The minimum absolute atomic E-state index is 0.284. The summed E-state index contributed by atoms with van der Waals surface area (Å²) in [5.41, 5.74) is 8.73. The summed E-state index contributed by atoms with van der Waals surface area (Å²) < 4.78 is 1.92. The predicted molar refractivity (Wildman–Crippen MR) is 93.8 cm³/mol. The Hall–Kier alpha value is -2.80. The molecule has 7 heteroatoms. The van der Waals surface area contributed by atoms with Crippen molar-refractivity contribution in [1.29, 1.82) is 0 Å². The lowest BCUT2D eigenvalue weighted by Crippen LogP contribution is -1.97. The number of rotatable bonds is 5. The lowest BCUT2D eigenvalue weighted by molar-refractivity contribution is 0.0697. The summed E-state index contributed by atoms with van der Waals surface area (Å²) in [6.45, 7) is 0. The Morgan fingerprint density at radius 1 is 1.21 bits per heavy atom. The molecule has 0 bridgehead atoms. The van der Waals surface area contributed by atoms with E-state index in [2.05, 4.69) is 10.2 Å². The van der Waals surface area contributed by atoms with Gasteiger partial charge in [0.05, 0.1) is 5.56 Å². The molecule has 122 valence electrons. The zero-order valence-electron chi connectivity index (χ0n) is 13.0. The second-order valence-corrected chi connectivity index (χ2v) is 6.22. The van der Waals surface area contributed by atoms with Crippen molar-refractivity contribution in [3.05, 3.63) is 59.7 Å². The van der Waals surface area contributed by atoms with E-state index in [4.69, 9.17) is 10.8 Å². The minimum Gasteiger partial charge on any atom is -0.478 e. The van der Waals surface area contributed by atoms with Crippen LogP contribution in [0.15, 0.2) is 53.7 Å². The average molecular weight is 340 g/mol. The van der Waals surface area contributed by atoms with E-state index in [1.165, 1.54) is 0 Å². The Kier molecular flexibility index (Phi) is 4.52. The molecular weight excluding hydrogens is 324 g/mol. The molecule has 0 fully saturated rings. The number of carboxylic acid groups (broad SMARTS) is 1. The summed E-state index contributed by atoms with van der Waals surface area (Å²) in [7, 11) is 1.91. The van der Waals surface area contributed by atoms with Crippen molar-refractivity contribution >= 4 is 23.4 Å². The summed E-state index contributed by atoms with van der Waals surface area (Å²) in [5, 5.41) is 18.2. The zero-order chi connectivity index (χ0) is 17.1. The normalized spacial score (nSPS) is 10.7. The second-order valence-electron chi connectivity index (χ2n) is 5.28. The fourth-order valence-corrected chi connectivity index (χ4v) is 3.13. The Bertz CT molecular complexity index is 875. The molecule has 6 nitrogen and oxygen atoms in total. The summed E-state index contributed by atoms with van der Waals surface area (Å²) >= 11 is 1.54. The van der Waals surface area contributed by atoms with Crippen molar-refractivity contribution in [3.63, 3.8) is 0 Å². The van der Waals surface area contributed by atoms with Crippen molar-refractivity contribution in [2.24, 2.45) is 7.05 Å². The Morgan fingerprint density at radius 3 is 2.62 bits per heavy atom. The van der Waals surface area contributed by atoms with Crippen LogP contribution in [0.2, 0.25) is 0 Å². The van der Waals surface area contributed by atoms with E-state index in [0.717, 1.165) is 22.1 Å². The van der Waals surface area contributed by atoms with Gasteiger partial charge in [-0.3, -0.25) is 0 Å². The molecule has 3 N–H and O–H groups in total. The van der Waals surface area contributed by atoms with Gasteiger partial charge >= 0.3 is 5.97 Å². The molecule has 0 saturated carbocycles. The molecule has 0 spiro atoms. The molecule has 0 radical (unpaired) electrons. The van der Waals surface area contributed by atoms with Crippen LogP contribution in [0.4, 0.5) is 5.69 Å². The van der Waals surface area contributed by atoms with Crippen molar-refractivity contribution in [2.75, 3.05) is 5.73 Å². The van der Waals surface area contributed by atoms with Crippen LogP contribution in [0, 0.1) is 0 Å². The van der Waals surface area contributed by atoms with E-state index in [9.17, 15) is 4.79 Å². The number of hydrogen-bond donors (Lipinski definition) is 2. The number of aromatic carboxylic acids is 1. The first kappa shape index (κ1) is 16.1. The van der Waals surface area contributed by atoms with Gasteiger partial charge in [0, 0.05) is 24.1 Å². The van der Waals surface area contributed by atoms with Gasteiger partial charge in [-0.2, -0.15) is 0 Å². The van der Waals surface area contributed by atoms with E-state index in [1.807, 2.05) is 48.0 Å². The molecule has 1 heterocycles. The Morgan fingerprint density at radius 2 is 1.96 bits per heavy atom. The highest BCUT2D eigenvalue weighted by atomic mass is 32.2. The summed E-state index contributed by atoms with van der Waals surface area (Å²) in [5.74, 6) is 0.517. The molecule has 3 aromatic rings. The smallest absolute Gasteiger partial charge is 0.335 e. The minimum atomic E-state index is -0.922. The third-order valence-corrected chi connectivity index (χ3v) is 4.64. The maximum absolute atomic E-state index is 10.9. The number of carbonyl (C=O) groups is 1. The molecule has 1 aromatic heterocycles. The van der Waals surface area contributed by atoms with E-state index in [-0.39, 0.29) is 5.56 Å². The molecule has 0 aliphatic rings. The first-order valence-electron chi connectivity index (χ1n) is 7.25. The average Bonchev–Trinajstić information content (AvgIpc) is 2.94. The maximum Gasteiger partial charge on any atom is 0.335 e. The SMILES string of the molecule is Cn1c(SCc2ccc(C(=O)O)cc2)nnc1-c1cccc(N)c1. The van der Waals surface area contributed by atoms with Gasteiger partial charge in [0.1, 0.15) is 0 Å². The predicted octanol–water partition coefficient (Wildman–Crippen LogP) is 3.05. The van der Waals surface area contributed by atoms with E-state index in [0.29, 0.717) is 11.4 Å². The van der Waals surface area contributed by atoms with Crippen LogP contribution in [0.5, 0.6) is 0 Å². The van der Waals surface area contributed by atoms with Gasteiger partial charge in [0.2, 0.25) is 0 Å². The van der Waals surface area contributed by atoms with Gasteiger partial charge in [0.25, 0.3) is 0 Å². The number of benzene rings is 2. The molecular formula is C17H16N4O2S. The first-order valence-corrected chi connectivity index (χ1v) is 8.23. The number of nitrogens with zero attached hydrogens (tertiary/aromatic N) is 3. The summed E-state index contributed by atoms with van der Waals surface area (Å²) in [4.78, 5) is 10.9. The van der Waals surface area contributed by atoms with Crippen LogP contribution in [0.3, 0.4) is 0 Å². The molecule has 0 aliphatic heterocycles. The van der Waals surface area contributed by atoms with Gasteiger partial charge in [-0.15, -0.1) is 10.2 Å². The summed E-state index contributed by atoms with van der Waals surface area (Å²) in [6.07, 6.45) is 0. The van der Waals surface area contributed by atoms with Crippen LogP contribution in [-0.4, -0.2) is 25.8 Å². The number of hydrogen-bond acceptors (Lipinski definition) is 5. The highest BCUT2D eigenvalue weighted by Gasteiger charge is 2.11. The molecule has 3 rings (SSSR count). The Balaban J connectivity index is 1.73. The lowest BCUT2D eigenvalue weighted by Gasteiger charge is -2.05. The molecule has 0 saturated heterocycles. The van der Waals surface area contributed by atoms with Crippen LogP contribution < -0.4 is 5.73 Å². The number of anilines is 1. The summed E-state index contributed by atoms with van der Waals surface area (Å²) in [6, 6.07) is 14.4. The number of thioether (sulfide) groups is 1. The highest BCUT2D eigenvalue weighted by molar-refractivity contribution is 7.98. The van der Waals surface area contributed by atoms with Gasteiger partial charge in [-0.05, 0) is 29.8 Å². The van der Waals surface area contributed by atoms with Crippen molar-refractivity contribution in [2.45, 2.75) is 10.9 Å². The molecule has 0 atom stereocenters. The number of carboxylic acids is 1. The van der Waals surface area contributed by atoms with Crippen molar-refractivity contribution in [3.8, 4) is 11.4 Å². The largest absolute Gasteiger partial charge is 0.478 e. The highest BCUT2D eigenvalue weighted by Crippen LogP contribution is 2.26. The number of aromatic nitrogens is 3. The van der Waals surface area contributed by atoms with E-state index < -0.39 is 5.97 Å². The molecule has 0 aliphatic carbocycles. The quantitative estimate of drug-likeness (QED) is 0.547. The standard InChI is InChI=1S/C17H16N4O2S/c1-21-15(13-3-2-4-14(18)9-13)19-20-17(21)24-10-11-5-7-12(8-6-11)16(22)23/h2-9H,10,18H2,1H3,(H,22,23). The zero-order valence-corrected chi connectivity index (χ0v) is 13.8. The topological polar surface area (TPSA) is 94.0 Å². The first-order chi connectivity index (χ1) is 11.5. The fourth-order valence-electron chi connectivity index (χ4n) is 2.26. The van der Waals surface area contributed by atoms with Gasteiger partial charge < -0.3 is 15.4 Å². The maximum atomic E-state index is 10.9. The third-order valence-electron chi connectivity index (χ3n) is 3.55. The van der Waals surface area contributed by atoms with Crippen LogP contribution in [0.1, 0.15) is 15.9 Å². The molecule has 24 heavy (non-hydrogen) atoms. The van der Waals surface area contributed by atoms with Crippen LogP contribution in [0.25, 0.3) is 11.4 Å². The third kappa shape index (κ3) is 3.41. The van der Waals surface area contributed by atoms with Crippen LogP contribution >= 0.6 is 11.8 Å². The van der Waals surface area contributed by atoms with E-state index in [1.54, 1.807) is 23.9 Å². The van der Waals surface area contributed by atoms with Crippen molar-refractivity contribution < 1.29 is 9.90 Å². The lowest BCUT2D eigenvalue weighted by atomic mass is 10.1. The number of nitrogens with two attached hydrogens (primary N) is 1. The van der Waals surface area contributed by atoms with Crippen molar-refractivity contribution in [1.82, 2.24) is 14.8 Å². The van der Waals surface area contributed by atoms with E-state index >= 15 is 0 Å².